The first-order valence-electron chi connectivity index (χ1n) is 13.7. The summed E-state index contributed by atoms with van der Waals surface area (Å²) in [6.45, 7) is 6.94. The highest BCUT2D eigenvalue weighted by molar-refractivity contribution is 6.04. The molecule has 37 heavy (non-hydrogen) atoms. The van der Waals surface area contributed by atoms with Crippen molar-refractivity contribution in [2.24, 2.45) is 5.92 Å². The van der Waals surface area contributed by atoms with Gasteiger partial charge in [-0.25, -0.2) is 9.97 Å². The van der Waals surface area contributed by atoms with E-state index in [-0.39, 0.29) is 11.7 Å². The predicted molar refractivity (Wildman–Crippen MR) is 148 cm³/mol. The summed E-state index contributed by atoms with van der Waals surface area (Å²) in [5, 5.41) is 0. The molecular weight excluding hydrogens is 460 g/mol. The molecule has 0 bridgehead atoms. The molecule has 0 radical (unpaired) electrons. The van der Waals surface area contributed by atoms with Crippen molar-refractivity contribution in [1.82, 2.24) is 9.97 Å². The van der Waals surface area contributed by atoms with Gasteiger partial charge in [-0.05, 0) is 48.4 Å². The topological polar surface area (TPSA) is 66.4 Å². The number of carbonyl (C=O) groups excluding carboxylic acids is 2. The van der Waals surface area contributed by atoms with Gasteiger partial charge >= 0.3 is 0 Å². The lowest BCUT2D eigenvalue weighted by Gasteiger charge is -2.32. The Balaban J connectivity index is 1.30. The second-order valence-corrected chi connectivity index (χ2v) is 10.3. The number of unbranched alkanes of at least 4 members (excludes halogenated alkanes) is 1. The van der Waals surface area contributed by atoms with Gasteiger partial charge in [-0.15, -0.1) is 0 Å². The standard InChI is InChI=1S/C31H36N4O2/c1-3-5-9-29(36)25-11-10-24-18-30(37)35(28(24)17-25)21-23-7-6-8-26(16-23)31-32-19-27(20-33-31)34-14-12-22(4-2)13-15-34/h6-8,10-11,16-17,19-20,22H,3-5,9,12-15,18,21H2,1-2H3. The number of aromatic nitrogens is 2. The average Bonchev–Trinajstić information content (AvgIpc) is 3.25. The monoisotopic (exact) mass is 496 g/mol. The van der Waals surface area contributed by atoms with Crippen LogP contribution in [-0.2, 0) is 17.8 Å². The van der Waals surface area contributed by atoms with E-state index in [9.17, 15) is 9.59 Å². The number of carbonyl (C=O) groups is 2. The van der Waals surface area contributed by atoms with Crippen LogP contribution in [0.3, 0.4) is 0 Å². The summed E-state index contributed by atoms with van der Waals surface area (Å²) in [5.74, 6) is 1.72. The number of hydrogen-bond donors (Lipinski definition) is 0. The van der Waals surface area contributed by atoms with Crippen LogP contribution in [0.2, 0.25) is 0 Å². The fourth-order valence-electron chi connectivity index (χ4n) is 5.41. The van der Waals surface area contributed by atoms with Crippen LogP contribution in [0.15, 0.2) is 54.9 Å². The quantitative estimate of drug-likeness (QED) is 0.329. The molecule has 3 heterocycles. The number of amides is 1. The Morgan fingerprint density at radius 3 is 2.54 bits per heavy atom. The van der Waals surface area contributed by atoms with Gasteiger partial charge in [0.05, 0.1) is 31.0 Å². The number of fused-ring (bicyclic) bond motifs is 1. The Bertz CT molecular complexity index is 1260. The van der Waals surface area contributed by atoms with Crippen molar-refractivity contribution in [2.75, 3.05) is 22.9 Å². The summed E-state index contributed by atoms with van der Waals surface area (Å²) >= 11 is 0. The van der Waals surface area contributed by atoms with Gasteiger partial charge in [0.15, 0.2) is 11.6 Å². The van der Waals surface area contributed by atoms with Gasteiger partial charge in [-0.3, -0.25) is 9.59 Å². The Labute approximate surface area is 219 Å². The number of Topliss-reactive ketones (excluding diaryl/α,β-unsaturated/α-hetero) is 1. The lowest BCUT2D eigenvalue weighted by atomic mass is 9.94. The Hall–Kier alpha value is -3.54. The molecule has 1 aromatic heterocycles. The van der Waals surface area contributed by atoms with E-state index in [0.29, 0.717) is 30.8 Å². The highest BCUT2D eigenvalue weighted by Gasteiger charge is 2.28. The summed E-state index contributed by atoms with van der Waals surface area (Å²) in [7, 11) is 0. The van der Waals surface area contributed by atoms with Crippen LogP contribution in [0.25, 0.3) is 11.4 Å². The highest BCUT2D eigenvalue weighted by Crippen LogP contribution is 2.32. The molecule has 1 amide bonds. The lowest BCUT2D eigenvalue weighted by Crippen LogP contribution is -2.33. The first-order chi connectivity index (χ1) is 18.1. The fraction of sp³-hybridized carbons (Fsp3) is 0.419. The first-order valence-corrected chi connectivity index (χ1v) is 13.7. The number of piperidine rings is 1. The molecule has 0 saturated carbocycles. The zero-order chi connectivity index (χ0) is 25.8. The number of nitrogens with zero attached hydrogens (tertiary/aromatic N) is 4. The number of hydrogen-bond acceptors (Lipinski definition) is 5. The molecule has 6 nitrogen and oxygen atoms in total. The van der Waals surface area contributed by atoms with Crippen LogP contribution in [0.4, 0.5) is 11.4 Å². The van der Waals surface area contributed by atoms with E-state index in [4.69, 9.17) is 0 Å². The van der Waals surface area contributed by atoms with Crippen molar-refractivity contribution in [2.45, 2.75) is 65.3 Å². The minimum Gasteiger partial charge on any atom is -0.369 e. The van der Waals surface area contributed by atoms with E-state index in [1.54, 1.807) is 4.90 Å². The SMILES string of the molecule is CCCCC(=O)c1ccc2c(c1)N(Cc1cccc(-c3ncc(N4CCC(CC)CC4)cn3)c1)C(=O)C2. The van der Waals surface area contributed by atoms with Gasteiger partial charge in [-0.2, -0.15) is 0 Å². The van der Waals surface area contributed by atoms with E-state index < -0.39 is 0 Å². The third-order valence-electron chi connectivity index (χ3n) is 7.82. The minimum absolute atomic E-state index is 0.0611. The number of ketones is 1. The molecule has 1 saturated heterocycles. The summed E-state index contributed by atoms with van der Waals surface area (Å²) in [4.78, 5) is 39.0. The van der Waals surface area contributed by atoms with Crippen LogP contribution < -0.4 is 9.80 Å². The maximum atomic E-state index is 12.9. The Morgan fingerprint density at radius 1 is 1.03 bits per heavy atom. The smallest absolute Gasteiger partial charge is 0.231 e. The van der Waals surface area contributed by atoms with E-state index in [1.807, 2.05) is 48.8 Å². The van der Waals surface area contributed by atoms with Gasteiger partial charge in [-0.1, -0.05) is 57.0 Å². The largest absolute Gasteiger partial charge is 0.369 e. The molecule has 2 aliphatic heterocycles. The molecule has 0 unspecified atom stereocenters. The van der Waals surface area contributed by atoms with Crippen LogP contribution in [0.5, 0.6) is 0 Å². The molecule has 192 valence electrons. The van der Waals surface area contributed by atoms with Gasteiger partial charge in [0.1, 0.15) is 0 Å². The molecule has 3 aromatic rings. The molecular formula is C31H36N4O2. The van der Waals surface area contributed by atoms with Gasteiger partial charge in [0.25, 0.3) is 0 Å². The lowest BCUT2D eigenvalue weighted by molar-refractivity contribution is -0.117. The van der Waals surface area contributed by atoms with Gasteiger partial charge < -0.3 is 9.80 Å². The summed E-state index contributed by atoms with van der Waals surface area (Å²) in [6.07, 6.45) is 10.4. The van der Waals surface area contributed by atoms with Crippen molar-refractivity contribution >= 4 is 23.1 Å². The highest BCUT2D eigenvalue weighted by atomic mass is 16.2. The van der Waals surface area contributed by atoms with Crippen LogP contribution in [0, 0.1) is 5.92 Å². The first kappa shape index (κ1) is 25.1. The molecule has 0 N–H and O–H groups in total. The summed E-state index contributed by atoms with van der Waals surface area (Å²) in [5.41, 5.74) is 5.55. The molecule has 5 rings (SSSR count). The fourth-order valence-corrected chi connectivity index (χ4v) is 5.41. The van der Waals surface area contributed by atoms with Crippen molar-refractivity contribution < 1.29 is 9.59 Å². The van der Waals surface area contributed by atoms with Crippen LogP contribution >= 0.6 is 0 Å². The molecule has 1 fully saturated rings. The van der Waals surface area contributed by atoms with Crippen molar-refractivity contribution in [3.8, 4) is 11.4 Å². The second kappa shape index (κ2) is 11.2. The van der Waals surface area contributed by atoms with E-state index in [1.165, 1.54) is 19.3 Å². The second-order valence-electron chi connectivity index (χ2n) is 10.3. The summed E-state index contributed by atoms with van der Waals surface area (Å²) < 4.78 is 0. The Kier molecular flexibility index (Phi) is 7.63. The molecule has 6 heteroatoms. The molecule has 0 aliphatic carbocycles. The third kappa shape index (κ3) is 5.58. The zero-order valence-electron chi connectivity index (χ0n) is 21.9. The zero-order valence-corrected chi connectivity index (χ0v) is 21.9. The molecule has 2 aliphatic rings. The Morgan fingerprint density at radius 2 is 1.81 bits per heavy atom. The average molecular weight is 497 g/mol. The van der Waals surface area contributed by atoms with Gasteiger partial charge in [0.2, 0.25) is 5.91 Å². The van der Waals surface area contributed by atoms with Crippen LogP contribution in [0.1, 0.15) is 73.9 Å². The van der Waals surface area contributed by atoms with E-state index in [2.05, 4.69) is 34.8 Å². The number of benzene rings is 2. The van der Waals surface area contributed by atoms with Crippen molar-refractivity contribution in [3.05, 3.63) is 71.5 Å². The van der Waals surface area contributed by atoms with E-state index >= 15 is 0 Å². The van der Waals surface area contributed by atoms with Crippen LogP contribution in [-0.4, -0.2) is 34.7 Å². The predicted octanol–water partition coefficient (Wildman–Crippen LogP) is 6.23. The van der Waals surface area contributed by atoms with Crippen molar-refractivity contribution in [1.29, 1.82) is 0 Å². The summed E-state index contributed by atoms with van der Waals surface area (Å²) in [6, 6.07) is 13.8. The maximum Gasteiger partial charge on any atom is 0.231 e. The normalized spacial score (nSPS) is 15.8. The molecule has 0 spiro atoms. The third-order valence-corrected chi connectivity index (χ3v) is 7.82. The molecule has 0 atom stereocenters. The molecule has 2 aromatic carbocycles. The number of anilines is 2. The van der Waals surface area contributed by atoms with Gasteiger partial charge in [0, 0.05) is 36.3 Å². The number of rotatable bonds is 9. The minimum atomic E-state index is 0.0611. The van der Waals surface area contributed by atoms with E-state index in [0.717, 1.165) is 59.9 Å². The van der Waals surface area contributed by atoms with Crippen molar-refractivity contribution in [3.63, 3.8) is 0 Å². The maximum absolute atomic E-state index is 12.9.